The number of carbonyl (C=O) groups excluding carboxylic acids is 2. The van der Waals surface area contributed by atoms with Gasteiger partial charge in [0.2, 0.25) is 21.8 Å². The monoisotopic (exact) mass is 479 g/mol. The molecule has 174 valence electrons. The second-order valence-corrected chi connectivity index (χ2v) is 10.1. The van der Waals surface area contributed by atoms with E-state index in [0.717, 1.165) is 27.3 Å². The van der Waals surface area contributed by atoms with Crippen molar-refractivity contribution in [3.05, 3.63) is 64.2 Å². The maximum Gasteiger partial charge on any atom is 0.244 e. The van der Waals surface area contributed by atoms with Gasteiger partial charge >= 0.3 is 0 Å². The molecular formula is C23H30ClN3O4S. The van der Waals surface area contributed by atoms with Crippen LogP contribution in [0.1, 0.15) is 30.5 Å². The summed E-state index contributed by atoms with van der Waals surface area (Å²) >= 11 is 6.08. The first-order chi connectivity index (χ1) is 14.9. The lowest BCUT2D eigenvalue weighted by atomic mass is 10.1. The molecule has 9 heteroatoms. The van der Waals surface area contributed by atoms with Crippen LogP contribution in [-0.2, 0) is 26.2 Å². The summed E-state index contributed by atoms with van der Waals surface area (Å²) in [5.74, 6) is -0.813. The highest BCUT2D eigenvalue weighted by Gasteiger charge is 2.30. The number of hydrogen-bond acceptors (Lipinski definition) is 4. The number of nitrogens with zero attached hydrogens (tertiary/aromatic N) is 2. The van der Waals surface area contributed by atoms with Gasteiger partial charge in [0.05, 0.1) is 11.9 Å². The van der Waals surface area contributed by atoms with Crippen LogP contribution in [0.2, 0.25) is 5.02 Å². The summed E-state index contributed by atoms with van der Waals surface area (Å²) in [5, 5.41) is 3.22. The minimum Gasteiger partial charge on any atom is -0.355 e. The van der Waals surface area contributed by atoms with Gasteiger partial charge in [0.15, 0.2) is 0 Å². The predicted molar refractivity (Wildman–Crippen MR) is 128 cm³/mol. The van der Waals surface area contributed by atoms with Crippen LogP contribution in [0, 0.1) is 13.8 Å². The summed E-state index contributed by atoms with van der Waals surface area (Å²) in [4.78, 5) is 27.3. The number of aryl methyl sites for hydroxylation is 2. The van der Waals surface area contributed by atoms with Crippen LogP contribution in [0.15, 0.2) is 42.5 Å². The Balaban J connectivity index is 2.40. The van der Waals surface area contributed by atoms with Crippen molar-refractivity contribution in [2.45, 2.75) is 40.3 Å². The number of carbonyl (C=O) groups is 2. The lowest BCUT2D eigenvalue weighted by molar-refractivity contribution is -0.139. The van der Waals surface area contributed by atoms with E-state index in [4.69, 9.17) is 11.6 Å². The number of hydrogen-bond donors (Lipinski definition) is 1. The third-order valence-electron chi connectivity index (χ3n) is 5.22. The zero-order valence-electron chi connectivity index (χ0n) is 19.1. The van der Waals surface area contributed by atoms with Crippen LogP contribution in [-0.4, -0.2) is 50.5 Å². The lowest BCUT2D eigenvalue weighted by Gasteiger charge is -2.31. The second kappa shape index (κ2) is 10.8. The zero-order chi connectivity index (χ0) is 24.1. The molecule has 32 heavy (non-hydrogen) atoms. The highest BCUT2D eigenvalue weighted by Crippen LogP contribution is 2.22. The van der Waals surface area contributed by atoms with Crippen LogP contribution in [0.5, 0.6) is 0 Å². The van der Waals surface area contributed by atoms with Crippen molar-refractivity contribution in [1.82, 2.24) is 10.2 Å². The molecule has 1 atom stereocenters. The third kappa shape index (κ3) is 6.71. The molecule has 0 saturated heterocycles. The highest BCUT2D eigenvalue weighted by atomic mass is 35.5. The molecule has 2 aromatic carbocycles. The van der Waals surface area contributed by atoms with E-state index in [0.29, 0.717) is 17.3 Å². The maximum absolute atomic E-state index is 13.4. The minimum atomic E-state index is -3.75. The zero-order valence-corrected chi connectivity index (χ0v) is 20.6. The summed E-state index contributed by atoms with van der Waals surface area (Å²) in [6, 6.07) is 11.4. The lowest BCUT2D eigenvalue weighted by Crippen LogP contribution is -2.51. The summed E-state index contributed by atoms with van der Waals surface area (Å²) in [7, 11) is -3.75. The van der Waals surface area contributed by atoms with Gasteiger partial charge in [-0.1, -0.05) is 29.8 Å². The van der Waals surface area contributed by atoms with Gasteiger partial charge in [0.1, 0.15) is 12.6 Å². The molecule has 0 bridgehead atoms. The number of sulfonamides is 1. The Morgan fingerprint density at radius 3 is 2.34 bits per heavy atom. The number of amides is 2. The number of anilines is 1. The van der Waals surface area contributed by atoms with Crippen molar-refractivity contribution in [2.75, 3.05) is 23.7 Å². The predicted octanol–water partition coefficient (Wildman–Crippen LogP) is 3.28. The van der Waals surface area contributed by atoms with Crippen LogP contribution in [0.3, 0.4) is 0 Å². The molecule has 0 heterocycles. The van der Waals surface area contributed by atoms with Crippen molar-refractivity contribution >= 4 is 39.1 Å². The smallest absolute Gasteiger partial charge is 0.244 e. The van der Waals surface area contributed by atoms with E-state index in [1.54, 1.807) is 50.2 Å². The van der Waals surface area contributed by atoms with Gasteiger partial charge in [-0.05, 0) is 68.7 Å². The fraction of sp³-hybridized carbons (Fsp3) is 0.391. The first-order valence-electron chi connectivity index (χ1n) is 10.3. The summed E-state index contributed by atoms with van der Waals surface area (Å²) in [6.07, 6.45) is 1.06. The van der Waals surface area contributed by atoms with E-state index in [9.17, 15) is 18.0 Å². The molecule has 7 nitrogen and oxygen atoms in total. The molecule has 0 aliphatic rings. The molecule has 0 aliphatic heterocycles. The molecule has 2 aromatic rings. The summed E-state index contributed by atoms with van der Waals surface area (Å²) in [6.45, 7) is 7.32. The van der Waals surface area contributed by atoms with E-state index >= 15 is 0 Å². The Morgan fingerprint density at radius 2 is 1.78 bits per heavy atom. The number of benzene rings is 2. The SMILES string of the molecule is CCNC(=O)[C@@H](C)N(Cc1cccc(Cl)c1)C(=O)CN(c1ccc(C)c(C)c1)S(C)(=O)=O. The fourth-order valence-corrected chi connectivity index (χ4v) is 4.29. The number of nitrogens with one attached hydrogen (secondary N) is 1. The average molecular weight is 480 g/mol. The fourth-order valence-electron chi connectivity index (χ4n) is 3.23. The van der Waals surface area contributed by atoms with Gasteiger partial charge in [0, 0.05) is 18.1 Å². The first-order valence-corrected chi connectivity index (χ1v) is 12.5. The van der Waals surface area contributed by atoms with Crippen molar-refractivity contribution in [3.63, 3.8) is 0 Å². The van der Waals surface area contributed by atoms with Gasteiger partial charge in [-0.3, -0.25) is 13.9 Å². The molecule has 0 unspecified atom stereocenters. The molecule has 0 aliphatic carbocycles. The third-order valence-corrected chi connectivity index (χ3v) is 6.59. The van der Waals surface area contributed by atoms with Gasteiger partial charge in [-0.2, -0.15) is 0 Å². The van der Waals surface area contributed by atoms with Crippen molar-refractivity contribution in [2.24, 2.45) is 0 Å². The second-order valence-electron chi connectivity index (χ2n) is 7.76. The average Bonchev–Trinajstić information content (AvgIpc) is 2.71. The molecule has 0 saturated carbocycles. The quantitative estimate of drug-likeness (QED) is 0.598. The molecule has 2 amide bonds. The van der Waals surface area contributed by atoms with E-state index < -0.39 is 28.5 Å². The topological polar surface area (TPSA) is 86.8 Å². The molecule has 2 rings (SSSR count). The summed E-state index contributed by atoms with van der Waals surface area (Å²) in [5.41, 5.74) is 3.06. The first kappa shape index (κ1) is 25.7. The normalized spacial score (nSPS) is 12.2. The van der Waals surface area contributed by atoms with E-state index in [2.05, 4.69) is 5.32 Å². The Morgan fingerprint density at radius 1 is 1.09 bits per heavy atom. The van der Waals surface area contributed by atoms with Crippen molar-refractivity contribution < 1.29 is 18.0 Å². The molecule has 0 spiro atoms. The van der Waals surface area contributed by atoms with Crippen LogP contribution < -0.4 is 9.62 Å². The van der Waals surface area contributed by atoms with E-state index in [1.165, 1.54) is 4.90 Å². The number of rotatable bonds is 9. The molecule has 0 fully saturated rings. The largest absolute Gasteiger partial charge is 0.355 e. The standard InChI is InChI=1S/C23H30ClN3O4S/c1-6-25-23(29)18(4)26(14-19-8-7-9-20(24)13-19)22(28)15-27(32(5,30)31)21-11-10-16(2)17(3)12-21/h7-13,18H,6,14-15H2,1-5H3,(H,25,29)/t18-/m1/s1. The van der Waals surface area contributed by atoms with Gasteiger partial charge in [-0.15, -0.1) is 0 Å². The minimum absolute atomic E-state index is 0.113. The Hall–Kier alpha value is -2.58. The van der Waals surface area contributed by atoms with Crippen LogP contribution in [0.25, 0.3) is 0 Å². The van der Waals surface area contributed by atoms with Crippen molar-refractivity contribution in [1.29, 1.82) is 0 Å². The van der Waals surface area contributed by atoms with E-state index in [1.807, 2.05) is 19.9 Å². The van der Waals surface area contributed by atoms with Gasteiger partial charge < -0.3 is 10.2 Å². The van der Waals surface area contributed by atoms with E-state index in [-0.39, 0.29) is 12.5 Å². The number of halogens is 1. The number of likely N-dealkylation sites (N-methyl/N-ethyl adjacent to an activating group) is 1. The highest BCUT2D eigenvalue weighted by molar-refractivity contribution is 7.92. The Kier molecular flexibility index (Phi) is 8.69. The van der Waals surface area contributed by atoms with Crippen LogP contribution in [0.4, 0.5) is 5.69 Å². The van der Waals surface area contributed by atoms with Crippen molar-refractivity contribution in [3.8, 4) is 0 Å². The Labute approximate surface area is 195 Å². The summed E-state index contributed by atoms with van der Waals surface area (Å²) < 4.78 is 26.2. The van der Waals surface area contributed by atoms with Gasteiger partial charge in [-0.25, -0.2) is 8.42 Å². The molecule has 1 N–H and O–H groups in total. The molecule has 0 radical (unpaired) electrons. The van der Waals surface area contributed by atoms with Gasteiger partial charge in [0.25, 0.3) is 0 Å². The Bertz CT molecular complexity index is 1090. The molecular weight excluding hydrogens is 450 g/mol. The maximum atomic E-state index is 13.4. The molecule has 0 aromatic heterocycles. The van der Waals surface area contributed by atoms with Crippen LogP contribution >= 0.6 is 11.6 Å².